The van der Waals surface area contributed by atoms with E-state index >= 15 is 0 Å². The number of phenols is 1. The molecule has 27 heavy (non-hydrogen) atoms. The van der Waals surface area contributed by atoms with Gasteiger partial charge in [-0.05, 0) is 55.5 Å². The van der Waals surface area contributed by atoms with Gasteiger partial charge in [0.1, 0.15) is 17.3 Å². The molecule has 1 aromatic carbocycles. The third-order valence-electron chi connectivity index (χ3n) is 5.12. The van der Waals surface area contributed by atoms with Gasteiger partial charge < -0.3 is 26.6 Å². The fourth-order valence-corrected chi connectivity index (χ4v) is 3.61. The van der Waals surface area contributed by atoms with Crippen LogP contribution >= 0.6 is 0 Å². The number of anilines is 2. The lowest BCUT2D eigenvalue weighted by atomic mass is 9.89. The Morgan fingerprint density at radius 1 is 1.30 bits per heavy atom. The first-order valence-electron chi connectivity index (χ1n) is 9.83. The van der Waals surface area contributed by atoms with Crippen LogP contribution in [0.2, 0.25) is 0 Å². The van der Waals surface area contributed by atoms with Gasteiger partial charge in [-0.1, -0.05) is 25.8 Å². The van der Waals surface area contributed by atoms with Crippen LogP contribution in [-0.4, -0.2) is 29.8 Å². The summed E-state index contributed by atoms with van der Waals surface area (Å²) in [5.41, 5.74) is 15.1. The molecule has 0 aliphatic carbocycles. The normalized spacial score (nSPS) is 17.0. The molecule has 6 nitrogen and oxygen atoms in total. The van der Waals surface area contributed by atoms with Crippen molar-refractivity contribution in [2.45, 2.75) is 44.9 Å². The summed E-state index contributed by atoms with van der Waals surface area (Å²) in [5, 5.41) is 13.9. The van der Waals surface area contributed by atoms with Crippen LogP contribution in [0.5, 0.6) is 11.5 Å². The van der Waals surface area contributed by atoms with E-state index in [-0.39, 0.29) is 5.75 Å². The SMILES string of the molecule is CCCCCOc1cccc(O)c1-c1cc(C2CCCNC2)c(N)c(N)n1. The molecule has 1 unspecified atom stereocenters. The molecule has 6 heteroatoms. The summed E-state index contributed by atoms with van der Waals surface area (Å²) in [6, 6.07) is 7.24. The lowest BCUT2D eigenvalue weighted by molar-refractivity contribution is 0.306. The van der Waals surface area contributed by atoms with Gasteiger partial charge in [-0.3, -0.25) is 0 Å². The van der Waals surface area contributed by atoms with Gasteiger partial charge in [0.25, 0.3) is 0 Å². The molecule has 146 valence electrons. The molecule has 1 atom stereocenters. The smallest absolute Gasteiger partial charge is 0.147 e. The van der Waals surface area contributed by atoms with Crippen molar-refractivity contribution in [3.05, 3.63) is 29.8 Å². The van der Waals surface area contributed by atoms with Crippen LogP contribution in [0.15, 0.2) is 24.3 Å². The van der Waals surface area contributed by atoms with Gasteiger partial charge >= 0.3 is 0 Å². The van der Waals surface area contributed by atoms with Gasteiger partial charge in [-0.25, -0.2) is 4.98 Å². The highest BCUT2D eigenvalue weighted by atomic mass is 16.5. The number of nitrogen functional groups attached to an aromatic ring is 2. The number of aromatic nitrogens is 1. The molecule has 1 aliphatic rings. The van der Waals surface area contributed by atoms with Crippen LogP contribution in [0.4, 0.5) is 11.5 Å². The minimum Gasteiger partial charge on any atom is -0.507 e. The van der Waals surface area contributed by atoms with E-state index in [9.17, 15) is 5.11 Å². The van der Waals surface area contributed by atoms with Crippen LogP contribution in [0, 0.1) is 0 Å². The Bertz CT molecular complexity index is 773. The van der Waals surface area contributed by atoms with Crippen LogP contribution in [0.1, 0.15) is 50.5 Å². The molecular formula is C21H30N4O2. The Morgan fingerprint density at radius 2 is 2.15 bits per heavy atom. The minimum absolute atomic E-state index is 0.132. The average molecular weight is 370 g/mol. The zero-order valence-corrected chi connectivity index (χ0v) is 16.0. The molecule has 0 bridgehead atoms. The molecular weight excluding hydrogens is 340 g/mol. The van der Waals surface area contributed by atoms with Crippen LogP contribution in [-0.2, 0) is 0 Å². The third-order valence-corrected chi connectivity index (χ3v) is 5.12. The maximum Gasteiger partial charge on any atom is 0.147 e. The Balaban J connectivity index is 1.97. The molecule has 0 spiro atoms. The van der Waals surface area contributed by atoms with Crippen molar-refractivity contribution < 1.29 is 9.84 Å². The molecule has 1 aromatic heterocycles. The Kier molecular flexibility index (Phi) is 6.40. The highest BCUT2D eigenvalue weighted by Gasteiger charge is 2.22. The Hall–Kier alpha value is -2.47. The lowest BCUT2D eigenvalue weighted by Crippen LogP contribution is -2.29. The van der Waals surface area contributed by atoms with Crippen molar-refractivity contribution in [3.8, 4) is 22.8 Å². The van der Waals surface area contributed by atoms with E-state index in [1.807, 2.05) is 12.1 Å². The minimum atomic E-state index is 0.132. The fourth-order valence-electron chi connectivity index (χ4n) is 3.61. The number of aromatic hydroxyl groups is 1. The van der Waals surface area contributed by atoms with Gasteiger partial charge in [0, 0.05) is 6.54 Å². The van der Waals surface area contributed by atoms with Gasteiger partial charge in [0.15, 0.2) is 0 Å². The van der Waals surface area contributed by atoms with Crippen molar-refractivity contribution in [2.24, 2.45) is 0 Å². The first-order valence-corrected chi connectivity index (χ1v) is 9.83. The first kappa shape index (κ1) is 19.3. The van der Waals surface area contributed by atoms with E-state index in [1.54, 1.807) is 12.1 Å². The number of hydrogen-bond acceptors (Lipinski definition) is 6. The van der Waals surface area contributed by atoms with Gasteiger partial charge in [0.2, 0.25) is 0 Å². The van der Waals surface area contributed by atoms with E-state index in [1.165, 1.54) is 0 Å². The predicted molar refractivity (Wildman–Crippen MR) is 110 cm³/mol. The maximum absolute atomic E-state index is 10.5. The molecule has 2 heterocycles. The van der Waals surface area contributed by atoms with E-state index < -0.39 is 0 Å². The zero-order valence-electron chi connectivity index (χ0n) is 16.0. The highest BCUT2D eigenvalue weighted by molar-refractivity contribution is 5.78. The Labute approximate surface area is 160 Å². The van der Waals surface area contributed by atoms with Crippen molar-refractivity contribution in [2.75, 3.05) is 31.2 Å². The molecule has 0 radical (unpaired) electrons. The number of rotatable bonds is 7. The number of unbranched alkanes of at least 4 members (excludes halogenated alkanes) is 2. The number of phenolic OH excluding ortho intramolecular Hbond substituents is 1. The van der Waals surface area contributed by atoms with Crippen molar-refractivity contribution in [3.63, 3.8) is 0 Å². The second-order valence-electron chi connectivity index (χ2n) is 7.14. The topological polar surface area (TPSA) is 106 Å². The van der Waals surface area contributed by atoms with Gasteiger partial charge in [-0.15, -0.1) is 0 Å². The molecule has 1 saturated heterocycles. The fraction of sp³-hybridized carbons (Fsp3) is 0.476. The second-order valence-corrected chi connectivity index (χ2v) is 7.14. The van der Waals surface area contributed by atoms with E-state index in [0.29, 0.717) is 41.0 Å². The third kappa shape index (κ3) is 4.45. The van der Waals surface area contributed by atoms with E-state index in [4.69, 9.17) is 16.2 Å². The summed E-state index contributed by atoms with van der Waals surface area (Å²) in [6.07, 6.45) is 5.37. The predicted octanol–water partition coefficient (Wildman–Crippen LogP) is 3.65. The molecule has 1 aliphatic heterocycles. The number of piperidine rings is 1. The van der Waals surface area contributed by atoms with Crippen LogP contribution < -0.4 is 21.5 Å². The number of pyridine rings is 1. The highest BCUT2D eigenvalue weighted by Crippen LogP contribution is 2.40. The molecule has 0 amide bonds. The summed E-state index contributed by atoms with van der Waals surface area (Å²) >= 11 is 0. The molecule has 1 fully saturated rings. The van der Waals surface area contributed by atoms with Crippen molar-refractivity contribution in [1.82, 2.24) is 10.3 Å². The number of nitrogens with two attached hydrogens (primary N) is 2. The monoisotopic (exact) mass is 370 g/mol. The summed E-state index contributed by atoms with van der Waals surface area (Å²) in [4.78, 5) is 4.46. The van der Waals surface area contributed by atoms with Gasteiger partial charge in [-0.2, -0.15) is 0 Å². The maximum atomic E-state index is 10.5. The Morgan fingerprint density at radius 3 is 2.89 bits per heavy atom. The summed E-state index contributed by atoms with van der Waals surface area (Å²) in [7, 11) is 0. The summed E-state index contributed by atoms with van der Waals surface area (Å²) < 4.78 is 5.95. The molecule has 0 saturated carbocycles. The van der Waals surface area contributed by atoms with Crippen molar-refractivity contribution in [1.29, 1.82) is 0 Å². The number of ether oxygens (including phenoxy) is 1. The number of benzene rings is 1. The number of nitrogens with one attached hydrogen (secondary N) is 1. The average Bonchev–Trinajstić information content (AvgIpc) is 2.68. The van der Waals surface area contributed by atoms with Crippen LogP contribution in [0.3, 0.4) is 0 Å². The molecule has 6 N–H and O–H groups in total. The summed E-state index contributed by atoms with van der Waals surface area (Å²) in [5.74, 6) is 1.35. The standard InChI is InChI=1S/C21H30N4O2/c1-2-3-4-11-27-18-9-5-8-17(26)19(18)16-12-15(20(22)21(23)25-16)14-7-6-10-24-13-14/h5,8-9,12,14,24,26H,2-4,6-7,10-11,13,22H2,1H3,(H2,23,25). The van der Waals surface area contributed by atoms with E-state index in [2.05, 4.69) is 17.2 Å². The molecule has 2 aromatic rings. The largest absolute Gasteiger partial charge is 0.507 e. The lowest BCUT2D eigenvalue weighted by Gasteiger charge is -2.25. The van der Waals surface area contributed by atoms with Crippen LogP contribution in [0.25, 0.3) is 11.3 Å². The zero-order chi connectivity index (χ0) is 19.2. The van der Waals surface area contributed by atoms with Gasteiger partial charge in [0.05, 0.1) is 23.6 Å². The van der Waals surface area contributed by atoms with Crippen molar-refractivity contribution >= 4 is 11.5 Å². The second kappa shape index (κ2) is 8.95. The first-order chi connectivity index (χ1) is 13.1. The number of hydrogen-bond donors (Lipinski definition) is 4. The quantitative estimate of drug-likeness (QED) is 0.554. The summed E-state index contributed by atoms with van der Waals surface area (Å²) in [6.45, 7) is 4.66. The van der Waals surface area contributed by atoms with E-state index in [0.717, 1.165) is 50.8 Å². The molecule has 3 rings (SSSR count). The number of nitrogens with zero attached hydrogens (tertiary/aromatic N) is 1.